The molecule has 0 amide bonds. The van der Waals surface area contributed by atoms with Crippen LogP contribution in [-0.4, -0.2) is 7.98 Å². The van der Waals surface area contributed by atoms with Gasteiger partial charge in [-0.15, -0.1) is 1.44 Å². The molecule has 0 saturated heterocycles. The first-order valence-electron chi connectivity index (χ1n) is 2.12. The Morgan fingerprint density at radius 2 is 2.14 bits per heavy atom. The van der Waals surface area contributed by atoms with E-state index >= 15 is 0 Å². The standard InChI is InChI=1S/C3H8I2N2/c1-2-3-6-7(4)5/h6H,2-3H2,1H3. The molecule has 4 heteroatoms. The predicted molar refractivity (Wildman–Crippen MR) is 48.2 cm³/mol. The lowest BCUT2D eigenvalue weighted by molar-refractivity contribution is 0.584. The van der Waals surface area contributed by atoms with E-state index in [2.05, 4.69) is 58.1 Å². The molecule has 0 unspecified atom stereocenters. The highest BCUT2D eigenvalue weighted by molar-refractivity contribution is 14.2. The largest absolute Gasteiger partial charge is 0.237 e. The zero-order chi connectivity index (χ0) is 5.70. The van der Waals surface area contributed by atoms with Crippen molar-refractivity contribution in [2.45, 2.75) is 13.3 Å². The van der Waals surface area contributed by atoms with Gasteiger partial charge in [0.2, 0.25) is 0 Å². The lowest BCUT2D eigenvalue weighted by Crippen LogP contribution is -2.20. The van der Waals surface area contributed by atoms with Crippen molar-refractivity contribution in [1.82, 2.24) is 6.86 Å². The van der Waals surface area contributed by atoms with Gasteiger partial charge in [-0.1, -0.05) is 6.92 Å². The summed E-state index contributed by atoms with van der Waals surface area (Å²) < 4.78 is 1.90. The summed E-state index contributed by atoms with van der Waals surface area (Å²) in [6, 6.07) is 0. The maximum Gasteiger partial charge on any atom is 0.0488 e. The first kappa shape index (κ1) is 8.38. The van der Waals surface area contributed by atoms with E-state index in [1.165, 1.54) is 6.42 Å². The van der Waals surface area contributed by atoms with Crippen LogP contribution in [0.3, 0.4) is 0 Å². The molecule has 0 bridgehead atoms. The molecule has 0 aliphatic heterocycles. The van der Waals surface area contributed by atoms with Crippen LogP contribution in [0.1, 0.15) is 13.3 Å². The summed E-state index contributed by atoms with van der Waals surface area (Å²) >= 11 is 4.35. The van der Waals surface area contributed by atoms with Crippen molar-refractivity contribution >= 4 is 45.7 Å². The molecule has 0 spiro atoms. The van der Waals surface area contributed by atoms with Crippen molar-refractivity contribution in [1.29, 1.82) is 0 Å². The molecule has 0 aliphatic rings. The zero-order valence-corrected chi connectivity index (χ0v) is 8.43. The molecular weight excluding hydrogens is 318 g/mol. The van der Waals surface area contributed by atoms with Gasteiger partial charge in [0, 0.05) is 52.3 Å². The van der Waals surface area contributed by atoms with Crippen LogP contribution < -0.4 is 5.43 Å². The number of nitrogens with zero attached hydrogens (tertiary/aromatic N) is 1. The van der Waals surface area contributed by atoms with Crippen molar-refractivity contribution in [3.63, 3.8) is 0 Å². The molecule has 0 radical (unpaired) electrons. The van der Waals surface area contributed by atoms with Gasteiger partial charge in [-0.3, -0.25) is 0 Å². The Balaban J connectivity index is 2.68. The molecule has 0 rings (SSSR count). The van der Waals surface area contributed by atoms with Gasteiger partial charge in [0.15, 0.2) is 0 Å². The van der Waals surface area contributed by atoms with Crippen molar-refractivity contribution in [2.24, 2.45) is 0 Å². The second-order valence-corrected chi connectivity index (χ2v) is 4.92. The second kappa shape index (κ2) is 5.52. The molecule has 0 saturated carbocycles. The number of hydrazine groups is 1. The maximum atomic E-state index is 3.10. The average Bonchev–Trinajstić information content (AvgIpc) is 1.61. The number of hydrogen-bond acceptors (Lipinski definition) is 2. The van der Waals surface area contributed by atoms with E-state index < -0.39 is 0 Å². The summed E-state index contributed by atoms with van der Waals surface area (Å²) in [5.41, 5.74) is 3.10. The van der Waals surface area contributed by atoms with E-state index in [0.29, 0.717) is 0 Å². The normalized spacial score (nSPS) is 10.3. The summed E-state index contributed by atoms with van der Waals surface area (Å²) in [5, 5.41) is 0. The van der Waals surface area contributed by atoms with Crippen LogP contribution in [0.2, 0.25) is 0 Å². The Bertz CT molecular complexity index is 39.9. The lowest BCUT2D eigenvalue weighted by Gasteiger charge is -2.03. The first-order chi connectivity index (χ1) is 3.27. The predicted octanol–water partition coefficient (Wildman–Crippen LogP) is 1.90. The molecule has 0 aliphatic carbocycles. The lowest BCUT2D eigenvalue weighted by atomic mass is 10.5. The van der Waals surface area contributed by atoms with Crippen molar-refractivity contribution < 1.29 is 0 Å². The van der Waals surface area contributed by atoms with Crippen LogP contribution in [0.4, 0.5) is 0 Å². The van der Waals surface area contributed by atoms with Crippen LogP contribution in [-0.2, 0) is 0 Å². The number of hydrogen-bond donors (Lipinski definition) is 1. The summed E-state index contributed by atoms with van der Waals surface area (Å²) in [7, 11) is 0. The second-order valence-electron chi connectivity index (χ2n) is 1.14. The summed E-state index contributed by atoms with van der Waals surface area (Å²) in [5.74, 6) is 0. The van der Waals surface area contributed by atoms with Crippen LogP contribution in [0.15, 0.2) is 0 Å². The SMILES string of the molecule is CCCNN(I)I. The van der Waals surface area contributed by atoms with E-state index in [1.54, 1.807) is 0 Å². The highest BCUT2D eigenvalue weighted by Crippen LogP contribution is 1.99. The number of nitrogens with one attached hydrogen (secondary N) is 1. The fourth-order valence-electron chi connectivity index (χ4n) is 0.196. The van der Waals surface area contributed by atoms with Gasteiger partial charge >= 0.3 is 0 Å². The molecule has 0 aromatic heterocycles. The van der Waals surface area contributed by atoms with Gasteiger partial charge in [-0.05, 0) is 6.42 Å². The molecule has 0 aromatic carbocycles. The molecule has 0 heterocycles. The minimum Gasteiger partial charge on any atom is -0.237 e. The quantitative estimate of drug-likeness (QED) is 0.484. The molecule has 2 nitrogen and oxygen atoms in total. The van der Waals surface area contributed by atoms with Crippen LogP contribution >= 0.6 is 45.7 Å². The van der Waals surface area contributed by atoms with Gasteiger partial charge in [-0.2, -0.15) is 0 Å². The highest BCUT2D eigenvalue weighted by Gasteiger charge is 1.85. The first-order valence-corrected chi connectivity index (χ1v) is 4.05. The van der Waals surface area contributed by atoms with Crippen LogP contribution in [0.25, 0.3) is 0 Å². The smallest absolute Gasteiger partial charge is 0.0488 e. The minimum atomic E-state index is 1.06. The minimum absolute atomic E-state index is 1.06. The van der Waals surface area contributed by atoms with Crippen molar-refractivity contribution in [3.05, 3.63) is 0 Å². The summed E-state index contributed by atoms with van der Waals surface area (Å²) in [6.45, 7) is 3.20. The van der Waals surface area contributed by atoms with Gasteiger partial charge in [0.25, 0.3) is 0 Å². The van der Waals surface area contributed by atoms with E-state index in [9.17, 15) is 0 Å². The third-order valence-electron chi connectivity index (χ3n) is 0.481. The zero-order valence-electron chi connectivity index (χ0n) is 4.12. The summed E-state index contributed by atoms with van der Waals surface area (Å²) in [4.78, 5) is 0. The third kappa shape index (κ3) is 7.38. The van der Waals surface area contributed by atoms with E-state index in [-0.39, 0.29) is 0 Å². The van der Waals surface area contributed by atoms with Gasteiger partial charge in [-0.25, -0.2) is 5.43 Å². The molecule has 0 fully saturated rings. The van der Waals surface area contributed by atoms with Crippen molar-refractivity contribution in [2.75, 3.05) is 6.54 Å². The van der Waals surface area contributed by atoms with Crippen LogP contribution in [0, 0.1) is 0 Å². The Labute approximate surface area is 72.0 Å². The van der Waals surface area contributed by atoms with Gasteiger partial charge in [0.05, 0.1) is 0 Å². The third-order valence-corrected chi connectivity index (χ3v) is 1.16. The Kier molecular flexibility index (Phi) is 6.60. The number of halogens is 2. The number of rotatable bonds is 3. The molecule has 1 N–H and O–H groups in total. The molecule has 0 atom stereocenters. The fraction of sp³-hybridized carbons (Fsp3) is 1.00. The van der Waals surface area contributed by atoms with Crippen molar-refractivity contribution in [3.8, 4) is 0 Å². The Morgan fingerprint density at radius 1 is 1.57 bits per heavy atom. The van der Waals surface area contributed by atoms with Gasteiger partial charge in [0.1, 0.15) is 0 Å². The highest BCUT2D eigenvalue weighted by atomic mass is 127. The van der Waals surface area contributed by atoms with E-state index in [0.717, 1.165) is 6.54 Å². The van der Waals surface area contributed by atoms with Gasteiger partial charge < -0.3 is 0 Å². The summed E-state index contributed by atoms with van der Waals surface area (Å²) in [6.07, 6.45) is 1.18. The fourth-order valence-corrected chi connectivity index (χ4v) is 0.679. The van der Waals surface area contributed by atoms with E-state index in [4.69, 9.17) is 0 Å². The van der Waals surface area contributed by atoms with Crippen LogP contribution in [0.5, 0.6) is 0 Å². The topological polar surface area (TPSA) is 15.3 Å². The maximum absolute atomic E-state index is 3.10. The monoisotopic (exact) mass is 326 g/mol. The molecular formula is C3H8I2N2. The molecule has 7 heavy (non-hydrogen) atoms. The molecule has 0 aromatic rings. The average molecular weight is 326 g/mol. The molecule has 44 valence electrons. The Morgan fingerprint density at radius 3 is 2.29 bits per heavy atom. The van der Waals surface area contributed by atoms with E-state index in [1.807, 2.05) is 1.44 Å². The Hall–Kier alpha value is 1.38.